The lowest BCUT2D eigenvalue weighted by Gasteiger charge is -2.35. The monoisotopic (exact) mass is 287 g/mol. The Morgan fingerprint density at radius 1 is 1.24 bits per heavy atom. The van der Waals surface area contributed by atoms with E-state index < -0.39 is 0 Å². The molecule has 0 radical (unpaired) electrons. The standard InChI is InChI=1S/C19H29NO/c1-5-19(11-6-12-20-14-19)17(21)13-15-7-9-16(10-8-15)18(2,3)4/h7-10,20H,5-6,11-14H2,1-4H3. The largest absolute Gasteiger partial charge is 0.316 e. The lowest BCUT2D eigenvalue weighted by molar-refractivity contribution is -0.129. The van der Waals surface area contributed by atoms with Gasteiger partial charge in [0.1, 0.15) is 5.78 Å². The number of benzene rings is 1. The molecule has 2 rings (SSSR count). The average molecular weight is 287 g/mol. The quantitative estimate of drug-likeness (QED) is 0.910. The second-order valence-electron chi connectivity index (χ2n) is 7.46. The van der Waals surface area contributed by atoms with E-state index in [1.165, 1.54) is 5.56 Å². The van der Waals surface area contributed by atoms with E-state index in [-0.39, 0.29) is 10.8 Å². The van der Waals surface area contributed by atoms with Crippen LogP contribution in [0.1, 0.15) is 58.1 Å². The summed E-state index contributed by atoms with van der Waals surface area (Å²) in [5.74, 6) is 0.403. The first-order valence-corrected chi connectivity index (χ1v) is 8.21. The maximum Gasteiger partial charge on any atom is 0.144 e. The Kier molecular flexibility index (Phi) is 4.88. The molecule has 0 saturated carbocycles. The van der Waals surface area contributed by atoms with Crippen LogP contribution in [0.3, 0.4) is 0 Å². The van der Waals surface area contributed by atoms with E-state index in [1.54, 1.807) is 0 Å². The van der Waals surface area contributed by atoms with Crippen molar-refractivity contribution in [2.45, 2.75) is 58.8 Å². The molecule has 1 atom stereocenters. The normalized spacial score (nSPS) is 23.0. The summed E-state index contributed by atoms with van der Waals surface area (Å²) < 4.78 is 0. The summed E-state index contributed by atoms with van der Waals surface area (Å²) in [6.07, 6.45) is 3.66. The van der Waals surface area contributed by atoms with Crippen molar-refractivity contribution in [3.05, 3.63) is 35.4 Å². The topological polar surface area (TPSA) is 29.1 Å². The van der Waals surface area contributed by atoms with Crippen LogP contribution in [0.25, 0.3) is 0 Å². The molecule has 1 aromatic carbocycles. The van der Waals surface area contributed by atoms with Crippen LogP contribution in [0.15, 0.2) is 24.3 Å². The first-order valence-electron chi connectivity index (χ1n) is 8.21. The highest BCUT2D eigenvalue weighted by molar-refractivity contribution is 5.87. The number of hydrogen-bond acceptors (Lipinski definition) is 2. The van der Waals surface area contributed by atoms with Crippen LogP contribution in [-0.2, 0) is 16.6 Å². The van der Waals surface area contributed by atoms with Gasteiger partial charge in [-0.25, -0.2) is 0 Å². The third-order valence-electron chi connectivity index (χ3n) is 4.93. The number of Topliss-reactive ketones (excluding diaryl/α,β-unsaturated/α-hetero) is 1. The van der Waals surface area contributed by atoms with Crippen LogP contribution >= 0.6 is 0 Å². The van der Waals surface area contributed by atoms with E-state index >= 15 is 0 Å². The molecule has 1 fully saturated rings. The predicted octanol–water partition coefficient (Wildman–Crippen LogP) is 3.88. The van der Waals surface area contributed by atoms with Crippen molar-refractivity contribution in [3.63, 3.8) is 0 Å². The molecule has 1 heterocycles. The van der Waals surface area contributed by atoms with E-state index in [4.69, 9.17) is 0 Å². The predicted molar refractivity (Wildman–Crippen MR) is 88.7 cm³/mol. The molecule has 0 aromatic heterocycles. The van der Waals surface area contributed by atoms with Gasteiger partial charge in [-0.2, -0.15) is 0 Å². The Balaban J connectivity index is 2.08. The zero-order valence-electron chi connectivity index (χ0n) is 14.0. The Bertz CT molecular complexity index is 475. The van der Waals surface area contributed by atoms with Crippen molar-refractivity contribution >= 4 is 5.78 Å². The third kappa shape index (κ3) is 3.74. The molecule has 1 unspecified atom stereocenters. The van der Waals surface area contributed by atoms with Gasteiger partial charge in [-0.3, -0.25) is 4.79 Å². The van der Waals surface area contributed by atoms with E-state index in [9.17, 15) is 4.79 Å². The minimum absolute atomic E-state index is 0.138. The van der Waals surface area contributed by atoms with E-state index in [2.05, 4.69) is 57.3 Å². The van der Waals surface area contributed by atoms with Crippen molar-refractivity contribution < 1.29 is 4.79 Å². The van der Waals surface area contributed by atoms with Gasteiger partial charge >= 0.3 is 0 Å². The Morgan fingerprint density at radius 2 is 1.90 bits per heavy atom. The van der Waals surface area contributed by atoms with E-state index in [0.29, 0.717) is 12.2 Å². The maximum absolute atomic E-state index is 12.8. The van der Waals surface area contributed by atoms with Crippen LogP contribution in [0.5, 0.6) is 0 Å². The minimum Gasteiger partial charge on any atom is -0.316 e. The lowest BCUT2D eigenvalue weighted by atomic mass is 9.73. The maximum atomic E-state index is 12.8. The molecule has 0 amide bonds. The summed E-state index contributed by atoms with van der Waals surface area (Å²) >= 11 is 0. The zero-order valence-corrected chi connectivity index (χ0v) is 14.0. The first-order chi connectivity index (χ1) is 9.87. The molecule has 1 saturated heterocycles. The molecule has 0 aliphatic carbocycles. The second kappa shape index (κ2) is 6.31. The van der Waals surface area contributed by atoms with Crippen LogP contribution in [-0.4, -0.2) is 18.9 Å². The minimum atomic E-state index is -0.138. The molecule has 1 aromatic rings. The number of nitrogens with one attached hydrogen (secondary N) is 1. The summed E-state index contributed by atoms with van der Waals surface area (Å²) in [7, 11) is 0. The lowest BCUT2D eigenvalue weighted by Crippen LogP contribution is -2.45. The molecule has 1 N–H and O–H groups in total. The molecule has 1 aliphatic rings. The van der Waals surface area contributed by atoms with E-state index in [0.717, 1.165) is 37.9 Å². The highest BCUT2D eigenvalue weighted by atomic mass is 16.1. The fraction of sp³-hybridized carbons (Fsp3) is 0.632. The number of carbonyl (C=O) groups is 1. The summed E-state index contributed by atoms with van der Waals surface area (Å²) in [5, 5.41) is 3.40. The molecule has 2 heteroatoms. The molecule has 2 nitrogen and oxygen atoms in total. The number of carbonyl (C=O) groups excluding carboxylic acids is 1. The fourth-order valence-corrected chi connectivity index (χ4v) is 3.20. The van der Waals surface area contributed by atoms with Gasteiger partial charge in [0, 0.05) is 18.4 Å². The van der Waals surface area contributed by atoms with Gasteiger partial charge < -0.3 is 5.32 Å². The van der Waals surface area contributed by atoms with Gasteiger partial charge in [-0.05, 0) is 42.3 Å². The zero-order chi connectivity index (χ0) is 15.5. The third-order valence-corrected chi connectivity index (χ3v) is 4.93. The second-order valence-corrected chi connectivity index (χ2v) is 7.46. The SMILES string of the molecule is CCC1(C(=O)Cc2ccc(C(C)(C)C)cc2)CCCNC1. The van der Waals surface area contributed by atoms with Crippen LogP contribution in [0.2, 0.25) is 0 Å². The van der Waals surface area contributed by atoms with Crippen LogP contribution in [0.4, 0.5) is 0 Å². The molecule has 0 bridgehead atoms. The highest BCUT2D eigenvalue weighted by Gasteiger charge is 2.37. The smallest absolute Gasteiger partial charge is 0.144 e. The van der Waals surface area contributed by atoms with Gasteiger partial charge in [-0.1, -0.05) is 52.0 Å². The van der Waals surface area contributed by atoms with Crippen molar-refractivity contribution in [1.82, 2.24) is 5.32 Å². The summed E-state index contributed by atoms with van der Waals surface area (Å²) in [6, 6.07) is 8.58. The van der Waals surface area contributed by atoms with Crippen molar-refractivity contribution in [2.24, 2.45) is 5.41 Å². The summed E-state index contributed by atoms with van der Waals surface area (Å²) in [6.45, 7) is 10.7. The number of hydrogen-bond donors (Lipinski definition) is 1. The Morgan fingerprint density at radius 3 is 2.38 bits per heavy atom. The van der Waals surface area contributed by atoms with Crippen molar-refractivity contribution in [2.75, 3.05) is 13.1 Å². The fourth-order valence-electron chi connectivity index (χ4n) is 3.20. The van der Waals surface area contributed by atoms with Gasteiger partial charge in [0.15, 0.2) is 0 Å². The number of ketones is 1. The van der Waals surface area contributed by atoms with Crippen molar-refractivity contribution in [3.8, 4) is 0 Å². The van der Waals surface area contributed by atoms with Gasteiger partial charge in [-0.15, -0.1) is 0 Å². The molecular weight excluding hydrogens is 258 g/mol. The molecule has 1 aliphatic heterocycles. The molecule has 21 heavy (non-hydrogen) atoms. The number of piperidine rings is 1. The molecular formula is C19H29NO. The van der Waals surface area contributed by atoms with Crippen LogP contribution < -0.4 is 5.32 Å². The highest BCUT2D eigenvalue weighted by Crippen LogP contribution is 2.32. The van der Waals surface area contributed by atoms with Gasteiger partial charge in [0.25, 0.3) is 0 Å². The summed E-state index contributed by atoms with van der Waals surface area (Å²) in [5.41, 5.74) is 2.50. The van der Waals surface area contributed by atoms with Crippen LogP contribution in [0, 0.1) is 5.41 Å². The van der Waals surface area contributed by atoms with Gasteiger partial charge in [0.2, 0.25) is 0 Å². The summed E-state index contributed by atoms with van der Waals surface area (Å²) in [4.78, 5) is 12.8. The Hall–Kier alpha value is -1.15. The average Bonchev–Trinajstić information content (AvgIpc) is 2.47. The molecule has 0 spiro atoms. The van der Waals surface area contributed by atoms with E-state index in [1.807, 2.05) is 0 Å². The van der Waals surface area contributed by atoms with Gasteiger partial charge in [0.05, 0.1) is 0 Å². The first kappa shape index (κ1) is 16.2. The Labute approximate surface area is 129 Å². The molecule has 116 valence electrons. The van der Waals surface area contributed by atoms with Crippen molar-refractivity contribution in [1.29, 1.82) is 0 Å². The number of rotatable bonds is 4.